The first kappa shape index (κ1) is 19.3. The van der Waals surface area contributed by atoms with Gasteiger partial charge < -0.3 is 19.8 Å². The number of nitrogens with one attached hydrogen (secondary N) is 2. The molecule has 2 amide bonds. The van der Waals surface area contributed by atoms with Gasteiger partial charge in [-0.25, -0.2) is 0 Å². The molecular formula is C24H20N2O4. The van der Waals surface area contributed by atoms with Gasteiger partial charge in [-0.3, -0.25) is 9.59 Å². The molecule has 0 atom stereocenters. The van der Waals surface area contributed by atoms with Gasteiger partial charge in [0.2, 0.25) is 5.76 Å². The zero-order chi connectivity index (χ0) is 21.1. The third-order valence-electron chi connectivity index (χ3n) is 4.65. The molecule has 0 spiro atoms. The number of hydrogen-bond acceptors (Lipinski definition) is 4. The topological polar surface area (TPSA) is 80.6 Å². The van der Waals surface area contributed by atoms with Gasteiger partial charge in [0.25, 0.3) is 11.8 Å². The Morgan fingerprint density at radius 3 is 2.47 bits per heavy atom. The maximum Gasteiger partial charge on any atom is 0.293 e. The van der Waals surface area contributed by atoms with Crippen molar-refractivity contribution in [1.82, 2.24) is 0 Å². The lowest BCUT2D eigenvalue weighted by Crippen LogP contribution is -2.17. The van der Waals surface area contributed by atoms with Crippen LogP contribution in [0.5, 0.6) is 5.75 Å². The van der Waals surface area contributed by atoms with Crippen LogP contribution < -0.4 is 15.4 Å². The Hall–Kier alpha value is -4.06. The average molecular weight is 400 g/mol. The number of fused-ring (bicyclic) bond motifs is 1. The predicted molar refractivity (Wildman–Crippen MR) is 116 cm³/mol. The molecule has 1 aromatic heterocycles. The number of methoxy groups -OCH3 is 1. The summed E-state index contributed by atoms with van der Waals surface area (Å²) in [5.41, 5.74) is 2.86. The molecule has 4 rings (SSSR count). The van der Waals surface area contributed by atoms with Crippen molar-refractivity contribution in [3.63, 3.8) is 0 Å². The lowest BCUT2D eigenvalue weighted by molar-refractivity contribution is 0.0999. The molecule has 30 heavy (non-hydrogen) atoms. The summed E-state index contributed by atoms with van der Waals surface area (Å²) in [6.07, 6.45) is 0. The Kier molecular flexibility index (Phi) is 5.22. The van der Waals surface area contributed by atoms with E-state index in [-0.39, 0.29) is 11.7 Å². The maximum atomic E-state index is 13.0. The Bertz CT molecular complexity index is 1240. The fraction of sp³-hybridized carbons (Fsp3) is 0.0833. The molecular weight excluding hydrogens is 380 g/mol. The van der Waals surface area contributed by atoms with Crippen LogP contribution in [0.2, 0.25) is 0 Å². The molecule has 0 aliphatic heterocycles. The molecule has 0 unspecified atom stereocenters. The van der Waals surface area contributed by atoms with Crippen molar-refractivity contribution in [3.8, 4) is 5.75 Å². The molecule has 6 heteroatoms. The smallest absolute Gasteiger partial charge is 0.293 e. The highest BCUT2D eigenvalue weighted by molar-refractivity contribution is 6.16. The highest BCUT2D eigenvalue weighted by Gasteiger charge is 2.23. The summed E-state index contributed by atoms with van der Waals surface area (Å²) in [4.78, 5) is 25.8. The number of rotatable bonds is 5. The number of anilines is 2. The van der Waals surface area contributed by atoms with Gasteiger partial charge in [-0.05, 0) is 43.3 Å². The first-order chi connectivity index (χ1) is 14.5. The zero-order valence-electron chi connectivity index (χ0n) is 16.6. The van der Waals surface area contributed by atoms with E-state index in [2.05, 4.69) is 10.6 Å². The molecule has 0 bridgehead atoms. The number of amides is 2. The van der Waals surface area contributed by atoms with Crippen LogP contribution >= 0.6 is 0 Å². The minimum atomic E-state index is -0.473. The molecule has 150 valence electrons. The second-order valence-corrected chi connectivity index (χ2v) is 6.81. The van der Waals surface area contributed by atoms with Gasteiger partial charge in [0.1, 0.15) is 17.0 Å². The number of aryl methyl sites for hydroxylation is 1. The third kappa shape index (κ3) is 3.89. The van der Waals surface area contributed by atoms with Crippen LogP contribution in [0.15, 0.2) is 77.2 Å². The van der Waals surface area contributed by atoms with Crippen LogP contribution in [0.3, 0.4) is 0 Å². The van der Waals surface area contributed by atoms with Gasteiger partial charge in [-0.15, -0.1) is 0 Å². The van der Waals surface area contributed by atoms with E-state index in [4.69, 9.17) is 9.15 Å². The van der Waals surface area contributed by atoms with Gasteiger partial charge in [0.15, 0.2) is 0 Å². The minimum absolute atomic E-state index is 0.0278. The number of benzene rings is 3. The average Bonchev–Trinajstić information content (AvgIpc) is 3.12. The van der Waals surface area contributed by atoms with Crippen molar-refractivity contribution >= 4 is 34.2 Å². The molecule has 0 radical (unpaired) electrons. The standard InChI is InChI=1S/C24H20N2O4/c1-15-7-5-8-16(13-15)23(27)26-21-19-11-3-4-12-20(19)30-22(21)24(28)25-17-9-6-10-18(14-17)29-2/h3-14H,1-2H3,(H,25,28)(H,26,27). The molecule has 0 fully saturated rings. The Balaban J connectivity index is 1.69. The molecule has 3 aromatic carbocycles. The second-order valence-electron chi connectivity index (χ2n) is 6.81. The van der Waals surface area contributed by atoms with Crippen LogP contribution in [0, 0.1) is 6.92 Å². The van der Waals surface area contributed by atoms with E-state index in [0.717, 1.165) is 5.56 Å². The molecule has 6 nitrogen and oxygen atoms in total. The van der Waals surface area contributed by atoms with Crippen LogP contribution in [-0.4, -0.2) is 18.9 Å². The SMILES string of the molecule is COc1cccc(NC(=O)c2oc3ccccc3c2NC(=O)c2cccc(C)c2)c1. The molecule has 0 saturated heterocycles. The molecule has 2 N–H and O–H groups in total. The first-order valence-corrected chi connectivity index (χ1v) is 9.40. The van der Waals surface area contributed by atoms with E-state index in [1.165, 1.54) is 0 Å². The Morgan fingerprint density at radius 1 is 0.867 bits per heavy atom. The molecule has 0 aliphatic carbocycles. The highest BCUT2D eigenvalue weighted by Crippen LogP contribution is 2.32. The van der Waals surface area contributed by atoms with E-state index >= 15 is 0 Å². The molecule has 4 aromatic rings. The summed E-state index contributed by atoms with van der Waals surface area (Å²) >= 11 is 0. The fourth-order valence-corrected chi connectivity index (χ4v) is 3.19. The maximum absolute atomic E-state index is 13.0. The van der Waals surface area contributed by atoms with Crippen molar-refractivity contribution in [2.24, 2.45) is 0 Å². The number of hydrogen-bond donors (Lipinski definition) is 2. The number of carbonyl (C=O) groups excluding carboxylic acids is 2. The van der Waals surface area contributed by atoms with Gasteiger partial charge in [-0.1, -0.05) is 35.9 Å². The summed E-state index contributed by atoms with van der Waals surface area (Å²) in [7, 11) is 1.55. The number of carbonyl (C=O) groups is 2. The summed E-state index contributed by atoms with van der Waals surface area (Å²) in [6, 6.07) is 21.4. The van der Waals surface area contributed by atoms with Crippen molar-refractivity contribution in [2.75, 3.05) is 17.7 Å². The van der Waals surface area contributed by atoms with Gasteiger partial charge >= 0.3 is 0 Å². The lowest BCUT2D eigenvalue weighted by atomic mass is 10.1. The summed E-state index contributed by atoms with van der Waals surface area (Å²) < 4.78 is 11.0. The van der Waals surface area contributed by atoms with Crippen molar-refractivity contribution in [3.05, 3.63) is 89.7 Å². The Labute approximate surface area is 173 Å². The second kappa shape index (κ2) is 8.13. The van der Waals surface area contributed by atoms with E-state index in [1.54, 1.807) is 55.6 Å². The van der Waals surface area contributed by atoms with Gasteiger partial charge in [-0.2, -0.15) is 0 Å². The molecule has 1 heterocycles. The summed E-state index contributed by atoms with van der Waals surface area (Å²) in [5.74, 6) is -0.148. The van der Waals surface area contributed by atoms with Crippen LogP contribution in [-0.2, 0) is 0 Å². The fourth-order valence-electron chi connectivity index (χ4n) is 3.19. The van der Waals surface area contributed by atoms with E-state index in [0.29, 0.717) is 33.7 Å². The predicted octanol–water partition coefficient (Wildman–Crippen LogP) is 5.25. The number of furan rings is 1. The van der Waals surface area contributed by atoms with Crippen molar-refractivity contribution in [2.45, 2.75) is 6.92 Å². The van der Waals surface area contributed by atoms with Crippen molar-refractivity contribution < 1.29 is 18.7 Å². The van der Waals surface area contributed by atoms with Gasteiger partial charge in [0.05, 0.1) is 7.11 Å². The lowest BCUT2D eigenvalue weighted by Gasteiger charge is -2.09. The summed E-state index contributed by atoms with van der Waals surface area (Å²) in [6.45, 7) is 1.91. The quantitative estimate of drug-likeness (QED) is 0.479. The number of para-hydroxylation sites is 1. The van der Waals surface area contributed by atoms with E-state index in [1.807, 2.05) is 31.2 Å². The van der Waals surface area contributed by atoms with Crippen LogP contribution in [0.1, 0.15) is 26.5 Å². The largest absolute Gasteiger partial charge is 0.497 e. The zero-order valence-corrected chi connectivity index (χ0v) is 16.6. The molecule has 0 saturated carbocycles. The monoisotopic (exact) mass is 400 g/mol. The van der Waals surface area contributed by atoms with E-state index in [9.17, 15) is 9.59 Å². The minimum Gasteiger partial charge on any atom is -0.497 e. The normalized spacial score (nSPS) is 10.6. The third-order valence-corrected chi connectivity index (χ3v) is 4.65. The van der Waals surface area contributed by atoms with Crippen LogP contribution in [0.4, 0.5) is 11.4 Å². The number of ether oxygens (including phenoxy) is 1. The van der Waals surface area contributed by atoms with E-state index < -0.39 is 5.91 Å². The highest BCUT2D eigenvalue weighted by atomic mass is 16.5. The van der Waals surface area contributed by atoms with Crippen molar-refractivity contribution in [1.29, 1.82) is 0 Å². The Morgan fingerprint density at radius 2 is 1.67 bits per heavy atom. The van der Waals surface area contributed by atoms with Gasteiger partial charge in [0, 0.05) is 22.7 Å². The first-order valence-electron chi connectivity index (χ1n) is 9.40. The molecule has 0 aliphatic rings. The van der Waals surface area contributed by atoms with Crippen LogP contribution in [0.25, 0.3) is 11.0 Å². The summed E-state index contributed by atoms with van der Waals surface area (Å²) in [5, 5.41) is 6.29.